The highest BCUT2D eigenvalue weighted by molar-refractivity contribution is 6.30. The molecule has 2 aromatic carbocycles. The van der Waals surface area contributed by atoms with Gasteiger partial charge in [0.15, 0.2) is 0 Å². The van der Waals surface area contributed by atoms with Gasteiger partial charge in [0.25, 0.3) is 0 Å². The molecule has 5 nitrogen and oxygen atoms in total. The van der Waals surface area contributed by atoms with Crippen LogP contribution in [0.1, 0.15) is 67.0 Å². The van der Waals surface area contributed by atoms with E-state index in [1.165, 1.54) is 11.1 Å². The number of fused-ring (bicyclic) bond motifs is 3. The molecule has 1 spiro atoms. The molecule has 6 rings (SSSR count). The topological polar surface area (TPSA) is 58.3 Å². The lowest BCUT2D eigenvalue weighted by Gasteiger charge is -2.44. The molecule has 1 saturated heterocycles. The molecule has 2 N–H and O–H groups in total. The number of hydrogen-bond donors (Lipinski definition) is 1. The Morgan fingerprint density at radius 2 is 2.00 bits per heavy atom. The second-order valence-corrected chi connectivity index (χ2v) is 11.2. The molecule has 188 valence electrons. The van der Waals surface area contributed by atoms with Crippen molar-refractivity contribution in [2.45, 2.75) is 56.4 Å². The van der Waals surface area contributed by atoms with Crippen LogP contribution in [-0.4, -0.2) is 41.0 Å². The third-order valence-electron chi connectivity index (χ3n) is 8.53. The van der Waals surface area contributed by atoms with E-state index in [0.717, 1.165) is 79.5 Å². The summed E-state index contributed by atoms with van der Waals surface area (Å²) in [6, 6.07) is 13.7. The molecule has 0 bridgehead atoms. The van der Waals surface area contributed by atoms with Crippen molar-refractivity contribution >= 4 is 23.1 Å². The number of nitrogens with zero attached hydrogens (tertiary/aromatic N) is 4. The third-order valence-corrected chi connectivity index (χ3v) is 8.78. The van der Waals surface area contributed by atoms with E-state index >= 15 is 0 Å². The van der Waals surface area contributed by atoms with Crippen LogP contribution in [0.3, 0.4) is 0 Å². The summed E-state index contributed by atoms with van der Waals surface area (Å²) in [7, 11) is 0. The van der Waals surface area contributed by atoms with Gasteiger partial charge in [-0.05, 0) is 92.6 Å². The number of rotatable bonds is 5. The third kappa shape index (κ3) is 4.00. The van der Waals surface area contributed by atoms with Gasteiger partial charge in [0.05, 0.1) is 0 Å². The van der Waals surface area contributed by atoms with Gasteiger partial charge >= 0.3 is 0 Å². The highest BCUT2D eigenvalue weighted by Gasteiger charge is 2.48. The molecule has 3 aromatic rings. The number of benzene rings is 2. The average molecular weight is 506 g/mol. The molecule has 1 unspecified atom stereocenters. The van der Waals surface area contributed by atoms with Crippen molar-refractivity contribution in [3.05, 3.63) is 82.0 Å². The summed E-state index contributed by atoms with van der Waals surface area (Å²) in [6.07, 6.45) is 6.74. The molecule has 3 aliphatic rings. The van der Waals surface area contributed by atoms with Gasteiger partial charge in [-0.1, -0.05) is 30.7 Å². The second-order valence-electron chi connectivity index (χ2n) is 10.7. The van der Waals surface area contributed by atoms with Crippen LogP contribution in [0, 0.1) is 5.82 Å². The van der Waals surface area contributed by atoms with Gasteiger partial charge in [0.1, 0.15) is 18.0 Å². The molecule has 2 aliphatic heterocycles. The zero-order valence-electron chi connectivity index (χ0n) is 20.8. The van der Waals surface area contributed by atoms with Crippen molar-refractivity contribution in [2.75, 3.05) is 31.1 Å². The lowest BCUT2D eigenvalue weighted by atomic mass is 9.75. The maximum absolute atomic E-state index is 14.7. The Labute approximate surface area is 217 Å². The standard InChI is InChI=1S/C29H33ClFN5/c1-19-3-9-24-27(19)28(34-18-33-24)36-17-29(23-15-22(31)8-10-26(23)36)12-2-14-35(16-29)25(11-13-32)20-4-6-21(30)7-5-20/h4-8,10,15,18-19,25H,2-3,9,11-14,16-17,32H2,1H3/t19-,25-,29?/m1/s1. The van der Waals surface area contributed by atoms with Gasteiger partial charge in [0, 0.05) is 46.5 Å². The summed E-state index contributed by atoms with van der Waals surface area (Å²) in [5.41, 5.74) is 11.8. The van der Waals surface area contributed by atoms with Crippen LogP contribution in [-0.2, 0) is 11.8 Å². The van der Waals surface area contributed by atoms with E-state index in [9.17, 15) is 4.39 Å². The van der Waals surface area contributed by atoms with E-state index in [1.807, 2.05) is 18.2 Å². The molecular formula is C29H33ClFN5. The first-order valence-electron chi connectivity index (χ1n) is 13.1. The molecule has 0 amide bonds. The minimum atomic E-state index is -0.176. The number of anilines is 2. The number of halogens is 2. The van der Waals surface area contributed by atoms with Gasteiger partial charge in [-0.3, -0.25) is 4.90 Å². The van der Waals surface area contributed by atoms with E-state index in [-0.39, 0.29) is 17.3 Å². The summed E-state index contributed by atoms with van der Waals surface area (Å²) in [5, 5.41) is 0.739. The fourth-order valence-electron chi connectivity index (χ4n) is 6.85. The van der Waals surface area contributed by atoms with Crippen molar-refractivity contribution in [2.24, 2.45) is 5.73 Å². The van der Waals surface area contributed by atoms with Crippen LogP contribution < -0.4 is 10.6 Å². The molecule has 3 heterocycles. The van der Waals surface area contributed by atoms with Crippen molar-refractivity contribution in [1.29, 1.82) is 0 Å². The van der Waals surface area contributed by atoms with E-state index in [2.05, 4.69) is 33.8 Å². The summed E-state index contributed by atoms with van der Waals surface area (Å²) in [5.74, 6) is 1.26. The summed E-state index contributed by atoms with van der Waals surface area (Å²) in [6.45, 7) is 5.53. The molecule has 36 heavy (non-hydrogen) atoms. The monoisotopic (exact) mass is 505 g/mol. The number of aromatic nitrogens is 2. The SMILES string of the molecule is C[C@@H]1CCc2ncnc(N3CC4(CCCN([C@H](CCN)c5ccc(Cl)cc5)C4)c4cc(F)ccc43)c21. The molecule has 0 saturated carbocycles. The van der Waals surface area contributed by atoms with E-state index in [0.29, 0.717) is 12.5 Å². The molecule has 0 radical (unpaired) electrons. The van der Waals surface area contributed by atoms with E-state index < -0.39 is 0 Å². The Kier molecular flexibility index (Phi) is 6.22. The van der Waals surface area contributed by atoms with Gasteiger partial charge in [0.2, 0.25) is 0 Å². The number of nitrogens with two attached hydrogens (primary N) is 1. The first-order valence-corrected chi connectivity index (χ1v) is 13.5. The molecule has 1 fully saturated rings. The van der Waals surface area contributed by atoms with E-state index in [1.54, 1.807) is 18.5 Å². The van der Waals surface area contributed by atoms with Crippen LogP contribution in [0.25, 0.3) is 0 Å². The van der Waals surface area contributed by atoms with Crippen molar-refractivity contribution in [1.82, 2.24) is 14.9 Å². The maximum atomic E-state index is 14.7. The van der Waals surface area contributed by atoms with Gasteiger partial charge in [-0.25, -0.2) is 14.4 Å². The average Bonchev–Trinajstić information content (AvgIpc) is 3.41. The zero-order valence-corrected chi connectivity index (χ0v) is 21.5. The van der Waals surface area contributed by atoms with Gasteiger partial charge < -0.3 is 10.6 Å². The van der Waals surface area contributed by atoms with Crippen molar-refractivity contribution in [3.63, 3.8) is 0 Å². The molecular weight excluding hydrogens is 473 g/mol. The van der Waals surface area contributed by atoms with Crippen LogP contribution in [0.2, 0.25) is 5.02 Å². The summed E-state index contributed by atoms with van der Waals surface area (Å²) < 4.78 is 14.7. The fraction of sp³-hybridized carbons (Fsp3) is 0.448. The minimum absolute atomic E-state index is 0.172. The van der Waals surface area contributed by atoms with E-state index in [4.69, 9.17) is 22.3 Å². The smallest absolute Gasteiger partial charge is 0.140 e. The number of likely N-dealkylation sites (tertiary alicyclic amines) is 1. The predicted molar refractivity (Wildman–Crippen MR) is 143 cm³/mol. The van der Waals surface area contributed by atoms with Crippen molar-refractivity contribution in [3.8, 4) is 0 Å². The normalized spacial score (nSPS) is 24.2. The van der Waals surface area contributed by atoms with Crippen LogP contribution >= 0.6 is 11.6 Å². The molecule has 7 heteroatoms. The second kappa shape index (κ2) is 9.40. The Morgan fingerprint density at radius 3 is 2.81 bits per heavy atom. The van der Waals surface area contributed by atoms with Crippen LogP contribution in [0.15, 0.2) is 48.8 Å². The van der Waals surface area contributed by atoms with Crippen molar-refractivity contribution < 1.29 is 4.39 Å². The Hall–Kier alpha value is -2.54. The Balaban J connectivity index is 1.40. The largest absolute Gasteiger partial charge is 0.330 e. The highest BCUT2D eigenvalue weighted by atomic mass is 35.5. The first-order chi connectivity index (χ1) is 17.5. The number of hydrogen-bond acceptors (Lipinski definition) is 5. The number of piperidine rings is 1. The lowest BCUT2D eigenvalue weighted by Crippen LogP contribution is -2.49. The lowest BCUT2D eigenvalue weighted by molar-refractivity contribution is 0.104. The minimum Gasteiger partial charge on any atom is -0.330 e. The van der Waals surface area contributed by atoms with Gasteiger partial charge in [-0.15, -0.1) is 0 Å². The Bertz CT molecular complexity index is 1270. The Morgan fingerprint density at radius 1 is 1.17 bits per heavy atom. The zero-order chi connectivity index (χ0) is 24.9. The van der Waals surface area contributed by atoms with Crippen LogP contribution in [0.4, 0.5) is 15.9 Å². The highest BCUT2D eigenvalue weighted by Crippen LogP contribution is 2.51. The quantitative estimate of drug-likeness (QED) is 0.468. The molecule has 3 atom stereocenters. The molecule has 1 aliphatic carbocycles. The summed E-state index contributed by atoms with van der Waals surface area (Å²) >= 11 is 6.18. The summed E-state index contributed by atoms with van der Waals surface area (Å²) in [4.78, 5) is 14.3. The first kappa shape index (κ1) is 23.8. The fourth-order valence-corrected chi connectivity index (χ4v) is 6.98. The molecule has 1 aromatic heterocycles. The predicted octanol–water partition coefficient (Wildman–Crippen LogP) is 5.89. The maximum Gasteiger partial charge on any atom is 0.140 e. The van der Waals surface area contributed by atoms with Crippen LogP contribution in [0.5, 0.6) is 0 Å². The van der Waals surface area contributed by atoms with Gasteiger partial charge in [-0.2, -0.15) is 0 Å². The number of aryl methyl sites for hydroxylation is 1.